The molecule has 0 radical (unpaired) electrons. The molecule has 0 saturated heterocycles. The molecule has 2 heterocycles. The molecule has 8 heteroatoms. The Balaban J connectivity index is 0.00000312. The molecule has 7 nitrogen and oxygen atoms in total. The number of aliphatic hydroxyl groups is 1. The Bertz CT molecular complexity index is 637. The van der Waals surface area contributed by atoms with E-state index in [2.05, 4.69) is 20.7 Å². The van der Waals surface area contributed by atoms with Gasteiger partial charge in [-0.3, -0.25) is 4.68 Å². The van der Waals surface area contributed by atoms with Crippen LogP contribution < -0.4 is 10.6 Å². The molecule has 25 heavy (non-hydrogen) atoms. The fourth-order valence-corrected chi connectivity index (χ4v) is 2.27. The highest BCUT2D eigenvalue weighted by Gasteiger charge is 2.25. The van der Waals surface area contributed by atoms with Crippen molar-refractivity contribution in [3.63, 3.8) is 0 Å². The Labute approximate surface area is 165 Å². The zero-order chi connectivity index (χ0) is 17.4. The summed E-state index contributed by atoms with van der Waals surface area (Å²) in [5, 5.41) is 21.2. The van der Waals surface area contributed by atoms with Gasteiger partial charge in [0.05, 0.1) is 19.0 Å². The van der Waals surface area contributed by atoms with Crippen molar-refractivity contribution in [1.29, 1.82) is 0 Å². The molecular weight excluding hydrogens is 433 g/mol. The fourth-order valence-electron chi connectivity index (χ4n) is 2.27. The van der Waals surface area contributed by atoms with Gasteiger partial charge in [-0.2, -0.15) is 5.10 Å². The molecule has 1 unspecified atom stereocenters. The lowest BCUT2D eigenvalue weighted by Crippen LogP contribution is -2.39. The van der Waals surface area contributed by atoms with E-state index in [9.17, 15) is 5.11 Å². The van der Waals surface area contributed by atoms with Gasteiger partial charge in [0.15, 0.2) is 5.96 Å². The topological polar surface area (TPSA) is 87.6 Å². The van der Waals surface area contributed by atoms with Crippen molar-refractivity contribution in [1.82, 2.24) is 20.4 Å². The number of nitrogens with zero attached hydrogens (tertiary/aromatic N) is 3. The van der Waals surface area contributed by atoms with Crippen LogP contribution in [0.1, 0.15) is 31.6 Å². The highest BCUT2D eigenvalue weighted by molar-refractivity contribution is 14.0. The number of aromatic nitrogens is 2. The van der Waals surface area contributed by atoms with Gasteiger partial charge in [-0.15, -0.1) is 24.0 Å². The number of hydrogen-bond donors (Lipinski definition) is 3. The van der Waals surface area contributed by atoms with Crippen LogP contribution in [-0.4, -0.2) is 40.5 Å². The number of rotatable bonds is 8. The lowest BCUT2D eigenvalue weighted by atomic mass is 10.0. The van der Waals surface area contributed by atoms with Gasteiger partial charge in [0.2, 0.25) is 0 Å². The molecule has 2 aromatic rings. The maximum absolute atomic E-state index is 10.4. The molecule has 0 spiro atoms. The molecular formula is C17H28IN5O2. The molecule has 0 aliphatic carbocycles. The van der Waals surface area contributed by atoms with E-state index >= 15 is 0 Å². The van der Waals surface area contributed by atoms with Crippen molar-refractivity contribution in [3.05, 3.63) is 42.1 Å². The second-order valence-corrected chi connectivity index (χ2v) is 6.01. The highest BCUT2D eigenvalue weighted by atomic mass is 127. The summed E-state index contributed by atoms with van der Waals surface area (Å²) in [6.45, 7) is 8.33. The quantitative estimate of drug-likeness (QED) is 0.243. The van der Waals surface area contributed by atoms with E-state index in [-0.39, 0.29) is 30.5 Å². The lowest BCUT2D eigenvalue weighted by Gasteiger charge is -2.19. The Hall–Kier alpha value is -1.55. The molecule has 3 N–H and O–H groups in total. The number of guanidine groups is 1. The molecule has 0 amide bonds. The summed E-state index contributed by atoms with van der Waals surface area (Å²) < 4.78 is 7.20. The van der Waals surface area contributed by atoms with Crippen LogP contribution in [0.3, 0.4) is 0 Å². The van der Waals surface area contributed by atoms with Crippen LogP contribution in [0, 0.1) is 6.92 Å². The molecule has 0 fully saturated rings. The zero-order valence-corrected chi connectivity index (χ0v) is 17.4. The number of halogens is 1. The van der Waals surface area contributed by atoms with Crippen LogP contribution in [0.5, 0.6) is 0 Å². The van der Waals surface area contributed by atoms with Crippen molar-refractivity contribution < 1.29 is 9.52 Å². The summed E-state index contributed by atoms with van der Waals surface area (Å²) in [6, 6.07) is 3.51. The molecule has 0 aliphatic rings. The summed E-state index contributed by atoms with van der Waals surface area (Å²) in [5.74, 6) is 1.19. The summed E-state index contributed by atoms with van der Waals surface area (Å²) in [6.07, 6.45) is 6.36. The smallest absolute Gasteiger partial charge is 0.191 e. The van der Waals surface area contributed by atoms with Gasteiger partial charge in [-0.05, 0) is 44.9 Å². The third kappa shape index (κ3) is 7.07. The normalized spacial score (nSPS) is 13.8. The Morgan fingerprint density at radius 3 is 2.84 bits per heavy atom. The molecule has 1 atom stereocenters. The van der Waals surface area contributed by atoms with Crippen molar-refractivity contribution in [2.24, 2.45) is 4.99 Å². The van der Waals surface area contributed by atoms with Gasteiger partial charge in [0.1, 0.15) is 11.4 Å². The number of aliphatic imine (C=N–C) groups is 1. The van der Waals surface area contributed by atoms with Crippen LogP contribution in [-0.2, 0) is 12.1 Å². The highest BCUT2D eigenvalue weighted by Crippen LogP contribution is 2.20. The van der Waals surface area contributed by atoms with E-state index in [0.29, 0.717) is 11.7 Å². The summed E-state index contributed by atoms with van der Waals surface area (Å²) >= 11 is 0. The number of aryl methyl sites for hydroxylation is 2. The third-order valence-electron chi connectivity index (χ3n) is 3.56. The van der Waals surface area contributed by atoms with Crippen LogP contribution >= 0.6 is 24.0 Å². The SMILES string of the molecule is CCNC(=NCC(C)(O)c1ccco1)NCCCn1cc(C)cn1.I. The monoisotopic (exact) mass is 461 g/mol. The zero-order valence-electron chi connectivity index (χ0n) is 15.0. The van der Waals surface area contributed by atoms with Crippen molar-refractivity contribution in [2.75, 3.05) is 19.6 Å². The standard InChI is InChI=1S/C17H27N5O2.HI/c1-4-18-16(19-8-6-9-22-12-14(2)11-21-22)20-13-17(3,23)15-7-5-10-24-15;/h5,7,10-12,23H,4,6,8-9,13H2,1-3H3,(H2,18,19,20);1H. The van der Waals surface area contributed by atoms with Crippen molar-refractivity contribution in [3.8, 4) is 0 Å². The van der Waals surface area contributed by atoms with E-state index in [1.807, 2.05) is 30.9 Å². The van der Waals surface area contributed by atoms with Crippen LogP contribution in [0.2, 0.25) is 0 Å². The molecule has 140 valence electrons. The van der Waals surface area contributed by atoms with Crippen LogP contribution in [0.25, 0.3) is 0 Å². The molecule has 2 rings (SSSR count). The predicted octanol–water partition coefficient (Wildman–Crippen LogP) is 2.26. The van der Waals surface area contributed by atoms with E-state index in [0.717, 1.165) is 31.6 Å². The molecule has 2 aromatic heterocycles. The minimum atomic E-state index is -1.13. The Kier molecular flexibility index (Phi) is 8.98. The van der Waals surface area contributed by atoms with Crippen LogP contribution in [0.15, 0.2) is 40.2 Å². The second-order valence-electron chi connectivity index (χ2n) is 6.01. The number of furan rings is 1. The van der Waals surface area contributed by atoms with E-state index < -0.39 is 5.60 Å². The maximum Gasteiger partial charge on any atom is 0.191 e. The van der Waals surface area contributed by atoms with Gasteiger partial charge in [0, 0.05) is 25.8 Å². The van der Waals surface area contributed by atoms with Gasteiger partial charge in [-0.1, -0.05) is 0 Å². The van der Waals surface area contributed by atoms with Gasteiger partial charge in [-0.25, -0.2) is 4.99 Å². The van der Waals surface area contributed by atoms with Crippen molar-refractivity contribution in [2.45, 2.75) is 39.3 Å². The Morgan fingerprint density at radius 2 is 2.24 bits per heavy atom. The Morgan fingerprint density at radius 1 is 1.44 bits per heavy atom. The van der Waals surface area contributed by atoms with Crippen molar-refractivity contribution >= 4 is 29.9 Å². The first-order valence-electron chi connectivity index (χ1n) is 8.29. The molecule has 0 aliphatic heterocycles. The lowest BCUT2D eigenvalue weighted by molar-refractivity contribution is 0.0437. The first-order chi connectivity index (χ1) is 11.5. The molecule has 0 saturated carbocycles. The third-order valence-corrected chi connectivity index (χ3v) is 3.56. The predicted molar refractivity (Wildman–Crippen MR) is 109 cm³/mol. The molecule has 0 bridgehead atoms. The summed E-state index contributed by atoms with van der Waals surface area (Å²) in [4.78, 5) is 4.45. The minimum Gasteiger partial charge on any atom is -0.466 e. The average molecular weight is 461 g/mol. The fraction of sp³-hybridized carbons (Fsp3) is 0.529. The largest absolute Gasteiger partial charge is 0.466 e. The number of hydrogen-bond acceptors (Lipinski definition) is 4. The van der Waals surface area contributed by atoms with Gasteiger partial charge < -0.3 is 20.2 Å². The van der Waals surface area contributed by atoms with E-state index in [4.69, 9.17) is 4.42 Å². The first-order valence-corrected chi connectivity index (χ1v) is 8.29. The van der Waals surface area contributed by atoms with Gasteiger partial charge in [0.25, 0.3) is 0 Å². The number of nitrogens with one attached hydrogen (secondary N) is 2. The average Bonchev–Trinajstić information content (AvgIpc) is 3.21. The molecule has 0 aromatic carbocycles. The first kappa shape index (κ1) is 21.5. The van der Waals surface area contributed by atoms with Gasteiger partial charge >= 0.3 is 0 Å². The van der Waals surface area contributed by atoms with E-state index in [1.165, 1.54) is 0 Å². The summed E-state index contributed by atoms with van der Waals surface area (Å²) in [5.41, 5.74) is 0.0383. The minimum absolute atomic E-state index is 0. The van der Waals surface area contributed by atoms with E-state index in [1.54, 1.807) is 25.3 Å². The second kappa shape index (κ2) is 10.4. The van der Waals surface area contributed by atoms with Crippen LogP contribution in [0.4, 0.5) is 0 Å². The summed E-state index contributed by atoms with van der Waals surface area (Å²) in [7, 11) is 0. The maximum atomic E-state index is 10.4.